The van der Waals surface area contributed by atoms with Crippen LogP contribution in [-0.4, -0.2) is 26.4 Å². The van der Waals surface area contributed by atoms with E-state index in [9.17, 15) is 0 Å². The van der Waals surface area contributed by atoms with Gasteiger partial charge in [-0.1, -0.05) is 71.6 Å². The summed E-state index contributed by atoms with van der Waals surface area (Å²) in [6, 6.07) is 0. The van der Waals surface area contributed by atoms with Gasteiger partial charge in [0.05, 0.1) is 26.4 Å². The molecule has 134 valence electrons. The molecule has 2 unspecified atom stereocenters. The van der Waals surface area contributed by atoms with Crippen molar-refractivity contribution < 1.29 is 19.6 Å². The first-order chi connectivity index (χ1) is 10.8. The van der Waals surface area contributed by atoms with Gasteiger partial charge in [0.25, 0.3) is 0 Å². The fraction of sp³-hybridized carbons (Fsp3) is 1.00. The Morgan fingerprint density at radius 3 is 1.64 bits per heavy atom. The molecule has 22 heavy (non-hydrogen) atoms. The van der Waals surface area contributed by atoms with Gasteiger partial charge in [0, 0.05) is 6.42 Å². The van der Waals surface area contributed by atoms with E-state index in [-0.39, 0.29) is 12.2 Å². The molecule has 0 aliphatic heterocycles. The molecule has 0 radical (unpaired) electrons. The fourth-order valence-electron chi connectivity index (χ4n) is 2.73. The number of unbranched alkanes of at least 4 members (excludes halogenated alkanes) is 8. The van der Waals surface area contributed by atoms with Crippen LogP contribution in [0.3, 0.4) is 0 Å². The molecular formula is C18H38O4. The fourth-order valence-corrected chi connectivity index (χ4v) is 2.73. The predicted molar refractivity (Wildman–Crippen MR) is 90.5 cm³/mol. The lowest BCUT2D eigenvalue weighted by Crippen LogP contribution is -2.22. The molecule has 0 spiro atoms. The van der Waals surface area contributed by atoms with Gasteiger partial charge in [-0.3, -0.25) is 0 Å². The Bertz CT molecular complexity index is 211. The van der Waals surface area contributed by atoms with Crippen molar-refractivity contribution in [1.82, 2.24) is 0 Å². The summed E-state index contributed by atoms with van der Waals surface area (Å²) in [5.41, 5.74) is 0. The molecule has 0 aromatic heterocycles. The summed E-state index contributed by atoms with van der Waals surface area (Å²) in [5.74, 6) is 0. The minimum Gasteiger partial charge on any atom is -0.240 e. The standard InChI is InChI=1S/C18H38O4/c1-5-7-8-9-10-11-12-13-14-15-18(22-20-4)16-17(6-2)21-19-3/h17-18H,5-16H2,1-4H3. The quantitative estimate of drug-likeness (QED) is 0.199. The molecule has 0 fully saturated rings. The van der Waals surface area contributed by atoms with Crippen molar-refractivity contribution >= 4 is 0 Å². The molecule has 2 atom stereocenters. The topological polar surface area (TPSA) is 36.9 Å². The molecule has 4 nitrogen and oxygen atoms in total. The molecule has 0 rings (SSSR count). The van der Waals surface area contributed by atoms with Gasteiger partial charge in [-0.15, -0.1) is 0 Å². The van der Waals surface area contributed by atoms with Crippen molar-refractivity contribution in [3.05, 3.63) is 0 Å². The van der Waals surface area contributed by atoms with Crippen molar-refractivity contribution in [1.29, 1.82) is 0 Å². The molecule has 0 saturated carbocycles. The Morgan fingerprint density at radius 1 is 0.636 bits per heavy atom. The molecule has 0 aromatic carbocycles. The lowest BCUT2D eigenvalue weighted by Gasteiger charge is -2.20. The summed E-state index contributed by atoms with van der Waals surface area (Å²) in [6.45, 7) is 4.35. The first kappa shape index (κ1) is 21.8. The molecule has 0 aromatic rings. The highest BCUT2D eigenvalue weighted by molar-refractivity contribution is 4.64. The lowest BCUT2D eigenvalue weighted by molar-refractivity contribution is -0.336. The van der Waals surface area contributed by atoms with Crippen LogP contribution in [0.4, 0.5) is 0 Å². The summed E-state index contributed by atoms with van der Waals surface area (Å²) in [7, 11) is 3.12. The summed E-state index contributed by atoms with van der Waals surface area (Å²) in [5, 5.41) is 0. The van der Waals surface area contributed by atoms with Crippen LogP contribution in [0.25, 0.3) is 0 Å². The molecule has 0 saturated heterocycles. The van der Waals surface area contributed by atoms with Gasteiger partial charge in [-0.2, -0.15) is 0 Å². The van der Waals surface area contributed by atoms with E-state index in [0.717, 1.165) is 19.3 Å². The van der Waals surface area contributed by atoms with Crippen LogP contribution in [0, 0.1) is 0 Å². The van der Waals surface area contributed by atoms with Crippen LogP contribution in [0.1, 0.15) is 90.9 Å². The average Bonchev–Trinajstić information content (AvgIpc) is 2.52. The molecule has 4 heteroatoms. The number of rotatable bonds is 17. The van der Waals surface area contributed by atoms with Crippen molar-refractivity contribution in [2.45, 2.75) is 103 Å². The third-order valence-corrected chi connectivity index (χ3v) is 4.08. The zero-order chi connectivity index (χ0) is 16.5. The van der Waals surface area contributed by atoms with E-state index < -0.39 is 0 Å². The van der Waals surface area contributed by atoms with E-state index in [2.05, 4.69) is 13.8 Å². The second-order valence-electron chi connectivity index (χ2n) is 6.03. The second-order valence-corrected chi connectivity index (χ2v) is 6.03. The van der Waals surface area contributed by atoms with Crippen molar-refractivity contribution in [3.8, 4) is 0 Å². The highest BCUT2D eigenvalue weighted by Gasteiger charge is 2.17. The maximum Gasteiger partial charge on any atom is 0.0955 e. The minimum atomic E-state index is 0.0729. The second kappa shape index (κ2) is 17.2. The number of hydrogen-bond acceptors (Lipinski definition) is 4. The maximum absolute atomic E-state index is 5.36. The van der Waals surface area contributed by atoms with Crippen LogP contribution >= 0.6 is 0 Å². The molecule has 0 heterocycles. The predicted octanol–water partition coefficient (Wildman–Crippen LogP) is 5.60. The first-order valence-electron chi connectivity index (χ1n) is 9.17. The highest BCUT2D eigenvalue weighted by Crippen LogP contribution is 2.17. The lowest BCUT2D eigenvalue weighted by atomic mass is 10.0. The average molecular weight is 318 g/mol. The normalized spacial score (nSPS) is 14.2. The monoisotopic (exact) mass is 318 g/mol. The smallest absolute Gasteiger partial charge is 0.0955 e. The molecule has 0 bridgehead atoms. The van der Waals surface area contributed by atoms with E-state index in [0.29, 0.717) is 0 Å². The Hall–Kier alpha value is -0.160. The van der Waals surface area contributed by atoms with E-state index >= 15 is 0 Å². The molecular weight excluding hydrogens is 280 g/mol. The van der Waals surface area contributed by atoms with Crippen LogP contribution in [0.5, 0.6) is 0 Å². The zero-order valence-electron chi connectivity index (χ0n) is 15.3. The van der Waals surface area contributed by atoms with Crippen LogP contribution in [0.15, 0.2) is 0 Å². The van der Waals surface area contributed by atoms with Gasteiger partial charge in [-0.25, -0.2) is 19.6 Å². The maximum atomic E-state index is 5.36. The molecule has 0 N–H and O–H groups in total. The third kappa shape index (κ3) is 13.5. The summed E-state index contributed by atoms with van der Waals surface area (Å²) in [6.07, 6.45) is 15.0. The van der Waals surface area contributed by atoms with E-state index in [1.165, 1.54) is 57.8 Å². The van der Waals surface area contributed by atoms with Crippen molar-refractivity contribution in [2.24, 2.45) is 0 Å². The Morgan fingerprint density at radius 2 is 1.14 bits per heavy atom. The highest BCUT2D eigenvalue weighted by atomic mass is 17.2. The van der Waals surface area contributed by atoms with Crippen molar-refractivity contribution in [2.75, 3.05) is 14.2 Å². The van der Waals surface area contributed by atoms with Gasteiger partial charge in [0.2, 0.25) is 0 Å². The summed E-state index contributed by atoms with van der Waals surface area (Å²) < 4.78 is 0. The van der Waals surface area contributed by atoms with Gasteiger partial charge in [0.1, 0.15) is 0 Å². The Balaban J connectivity index is 3.64. The number of hydrogen-bond donors (Lipinski definition) is 0. The van der Waals surface area contributed by atoms with E-state index in [1.54, 1.807) is 14.2 Å². The summed E-state index contributed by atoms with van der Waals surface area (Å²) in [4.78, 5) is 20.2. The molecule has 0 aliphatic carbocycles. The summed E-state index contributed by atoms with van der Waals surface area (Å²) >= 11 is 0. The van der Waals surface area contributed by atoms with Crippen LogP contribution in [0.2, 0.25) is 0 Å². The zero-order valence-corrected chi connectivity index (χ0v) is 15.3. The first-order valence-corrected chi connectivity index (χ1v) is 9.17. The molecule has 0 aliphatic rings. The SMILES string of the molecule is CCCCCCCCCCCC(CC(CC)OOC)OOC. The van der Waals surface area contributed by atoms with Gasteiger partial charge in [0.15, 0.2) is 0 Å². The van der Waals surface area contributed by atoms with Crippen LogP contribution in [-0.2, 0) is 19.6 Å². The van der Waals surface area contributed by atoms with Gasteiger partial charge < -0.3 is 0 Å². The van der Waals surface area contributed by atoms with E-state index in [1.807, 2.05) is 0 Å². The van der Waals surface area contributed by atoms with Crippen molar-refractivity contribution in [3.63, 3.8) is 0 Å². The van der Waals surface area contributed by atoms with Gasteiger partial charge >= 0.3 is 0 Å². The Kier molecular flexibility index (Phi) is 17.1. The third-order valence-electron chi connectivity index (χ3n) is 4.08. The largest absolute Gasteiger partial charge is 0.240 e. The van der Waals surface area contributed by atoms with Gasteiger partial charge in [-0.05, 0) is 12.8 Å². The van der Waals surface area contributed by atoms with E-state index in [4.69, 9.17) is 19.6 Å². The minimum absolute atomic E-state index is 0.0729. The molecule has 0 amide bonds. The Labute approximate surface area is 137 Å². The van der Waals surface area contributed by atoms with Crippen LogP contribution < -0.4 is 0 Å².